The highest BCUT2D eigenvalue weighted by Crippen LogP contribution is 2.44. The van der Waals surface area contributed by atoms with Crippen LogP contribution in [-0.4, -0.2) is 68.2 Å². The molecule has 0 spiro atoms. The molecule has 2 aromatic rings. The monoisotopic (exact) mass is 482 g/mol. The molecule has 3 N–H and O–H groups in total. The maximum atomic E-state index is 12.6. The van der Waals surface area contributed by atoms with Gasteiger partial charge >= 0.3 is 12.1 Å². The average molecular weight is 483 g/mol. The Labute approximate surface area is 203 Å². The maximum Gasteiger partial charge on any atom is 0.407 e. The lowest BCUT2D eigenvalue weighted by Crippen LogP contribution is -2.48. The maximum absolute atomic E-state index is 12.6. The number of alkyl carbamates (subject to hydrolysis) is 1. The molecular weight excluding hydrogens is 452 g/mol. The Morgan fingerprint density at radius 3 is 2.37 bits per heavy atom. The molecule has 1 heterocycles. The summed E-state index contributed by atoms with van der Waals surface area (Å²) in [6, 6.07) is 15.0. The zero-order valence-electron chi connectivity index (χ0n) is 19.4. The number of carboxylic acids is 1. The van der Waals surface area contributed by atoms with Gasteiger partial charge in [-0.3, -0.25) is 9.59 Å². The zero-order valence-corrected chi connectivity index (χ0v) is 19.4. The molecule has 0 saturated carbocycles. The van der Waals surface area contributed by atoms with Crippen LogP contribution in [0.4, 0.5) is 4.79 Å². The molecule has 4 rings (SSSR count). The van der Waals surface area contributed by atoms with Crippen LogP contribution in [0.25, 0.3) is 11.1 Å². The lowest BCUT2D eigenvalue weighted by atomic mass is 9.98. The molecule has 0 aromatic heterocycles. The predicted octanol–water partition coefficient (Wildman–Crippen LogP) is 2.68. The van der Waals surface area contributed by atoms with Gasteiger partial charge in [0.2, 0.25) is 5.91 Å². The zero-order chi connectivity index (χ0) is 24.6. The first kappa shape index (κ1) is 24.7. The largest absolute Gasteiger partial charge is 0.481 e. The number of ether oxygens (including phenoxy) is 3. The van der Waals surface area contributed by atoms with Gasteiger partial charge in [-0.25, -0.2) is 4.79 Å². The van der Waals surface area contributed by atoms with Crippen molar-refractivity contribution in [2.24, 2.45) is 0 Å². The topological polar surface area (TPSA) is 123 Å². The fourth-order valence-electron chi connectivity index (χ4n) is 4.49. The Kier molecular flexibility index (Phi) is 8.33. The van der Waals surface area contributed by atoms with Crippen molar-refractivity contribution in [3.05, 3.63) is 59.7 Å². The quantitative estimate of drug-likeness (QED) is 0.421. The highest BCUT2D eigenvalue weighted by Gasteiger charge is 2.30. The van der Waals surface area contributed by atoms with Gasteiger partial charge in [0.15, 0.2) is 0 Å². The van der Waals surface area contributed by atoms with Crippen molar-refractivity contribution in [3.63, 3.8) is 0 Å². The van der Waals surface area contributed by atoms with E-state index in [1.54, 1.807) is 0 Å². The van der Waals surface area contributed by atoms with Crippen molar-refractivity contribution in [1.82, 2.24) is 10.6 Å². The smallest absolute Gasteiger partial charge is 0.407 e. The highest BCUT2D eigenvalue weighted by atomic mass is 16.6. The first-order valence-electron chi connectivity index (χ1n) is 11.8. The first-order chi connectivity index (χ1) is 17.0. The van der Waals surface area contributed by atoms with Crippen LogP contribution in [0, 0.1) is 0 Å². The van der Waals surface area contributed by atoms with Crippen LogP contribution in [0.2, 0.25) is 0 Å². The molecule has 1 saturated heterocycles. The van der Waals surface area contributed by atoms with Gasteiger partial charge in [-0.05, 0) is 35.1 Å². The summed E-state index contributed by atoms with van der Waals surface area (Å²) in [7, 11) is 0. The van der Waals surface area contributed by atoms with Crippen LogP contribution < -0.4 is 10.6 Å². The van der Waals surface area contributed by atoms with E-state index in [1.807, 2.05) is 48.5 Å². The van der Waals surface area contributed by atoms with Crippen molar-refractivity contribution in [3.8, 4) is 11.1 Å². The minimum Gasteiger partial charge on any atom is -0.481 e. The summed E-state index contributed by atoms with van der Waals surface area (Å²) in [6.07, 6.45) is -0.246. The van der Waals surface area contributed by atoms with Gasteiger partial charge in [-0.1, -0.05) is 48.5 Å². The van der Waals surface area contributed by atoms with Crippen LogP contribution in [0.5, 0.6) is 0 Å². The van der Waals surface area contributed by atoms with Crippen molar-refractivity contribution < 1.29 is 33.7 Å². The Bertz CT molecular complexity index is 1010. The van der Waals surface area contributed by atoms with Crippen LogP contribution in [0.3, 0.4) is 0 Å². The minimum absolute atomic E-state index is 0.0219. The molecule has 2 aromatic carbocycles. The molecule has 2 unspecified atom stereocenters. The van der Waals surface area contributed by atoms with Gasteiger partial charge in [-0.15, -0.1) is 0 Å². The summed E-state index contributed by atoms with van der Waals surface area (Å²) < 4.78 is 16.4. The normalized spacial score (nSPS) is 17.3. The second kappa shape index (κ2) is 11.8. The number of amides is 2. The molecule has 2 amide bonds. The lowest BCUT2D eigenvalue weighted by molar-refractivity contribution is -0.137. The fourth-order valence-corrected chi connectivity index (χ4v) is 4.49. The molecule has 0 bridgehead atoms. The Balaban J connectivity index is 1.31. The van der Waals surface area contributed by atoms with Crippen LogP contribution >= 0.6 is 0 Å². The molecule has 186 valence electrons. The third-order valence-corrected chi connectivity index (χ3v) is 6.24. The van der Waals surface area contributed by atoms with Crippen LogP contribution in [0.15, 0.2) is 48.5 Å². The number of fused-ring (bicyclic) bond motifs is 3. The molecule has 1 aliphatic carbocycles. The van der Waals surface area contributed by atoms with Crippen LogP contribution in [-0.2, 0) is 23.8 Å². The number of hydrogen-bond donors (Lipinski definition) is 3. The number of carbonyl (C=O) groups is 3. The van der Waals surface area contributed by atoms with Gasteiger partial charge in [0, 0.05) is 25.5 Å². The second-order valence-electron chi connectivity index (χ2n) is 8.60. The summed E-state index contributed by atoms with van der Waals surface area (Å²) in [6.45, 7) is 1.85. The fraction of sp³-hybridized carbons (Fsp3) is 0.423. The van der Waals surface area contributed by atoms with Crippen molar-refractivity contribution in [1.29, 1.82) is 0 Å². The molecule has 1 fully saturated rings. The predicted molar refractivity (Wildman–Crippen MR) is 127 cm³/mol. The SMILES string of the molecule is O=C(O)CCC(NC(=O)OCC1c2ccccc2-c2ccccc21)C(=O)NCCOC1CCOC1. The van der Waals surface area contributed by atoms with Gasteiger partial charge in [0.1, 0.15) is 12.6 Å². The van der Waals surface area contributed by atoms with E-state index in [-0.39, 0.29) is 38.0 Å². The Morgan fingerprint density at radius 2 is 1.74 bits per heavy atom. The van der Waals surface area contributed by atoms with E-state index in [1.165, 1.54) is 0 Å². The molecule has 9 nitrogen and oxygen atoms in total. The average Bonchev–Trinajstić information content (AvgIpc) is 3.49. The van der Waals surface area contributed by atoms with Crippen LogP contribution in [0.1, 0.15) is 36.3 Å². The molecule has 2 atom stereocenters. The van der Waals surface area contributed by atoms with E-state index in [0.717, 1.165) is 28.7 Å². The number of nitrogens with one attached hydrogen (secondary N) is 2. The van der Waals surface area contributed by atoms with E-state index < -0.39 is 24.0 Å². The number of rotatable bonds is 11. The first-order valence-corrected chi connectivity index (χ1v) is 11.8. The van der Waals surface area contributed by atoms with E-state index in [2.05, 4.69) is 10.6 Å². The van der Waals surface area contributed by atoms with Crippen molar-refractivity contribution >= 4 is 18.0 Å². The molecule has 9 heteroatoms. The van der Waals surface area contributed by atoms with Gasteiger partial charge in [-0.2, -0.15) is 0 Å². The summed E-state index contributed by atoms with van der Waals surface area (Å²) in [4.78, 5) is 36.3. The summed E-state index contributed by atoms with van der Waals surface area (Å²) in [5.74, 6) is -1.65. The molecule has 0 radical (unpaired) electrons. The molecular formula is C26H30N2O7. The lowest BCUT2D eigenvalue weighted by Gasteiger charge is -2.19. The van der Waals surface area contributed by atoms with Gasteiger partial charge in [0.05, 0.1) is 19.3 Å². The Hall–Kier alpha value is -3.43. The van der Waals surface area contributed by atoms with E-state index in [0.29, 0.717) is 19.8 Å². The molecule has 35 heavy (non-hydrogen) atoms. The third-order valence-electron chi connectivity index (χ3n) is 6.24. The summed E-state index contributed by atoms with van der Waals surface area (Å²) in [5, 5.41) is 14.3. The number of carboxylic acid groups (broad SMARTS) is 1. The number of benzene rings is 2. The van der Waals surface area contributed by atoms with E-state index in [9.17, 15) is 14.4 Å². The van der Waals surface area contributed by atoms with Crippen molar-refractivity contribution in [2.45, 2.75) is 37.3 Å². The number of hydrogen-bond acceptors (Lipinski definition) is 6. The van der Waals surface area contributed by atoms with Gasteiger partial charge in [0.25, 0.3) is 0 Å². The summed E-state index contributed by atoms with van der Waals surface area (Å²) >= 11 is 0. The second-order valence-corrected chi connectivity index (χ2v) is 8.60. The molecule has 1 aliphatic heterocycles. The standard InChI is InChI=1S/C26H30N2O7/c29-24(30)10-9-23(25(31)27-12-14-34-17-11-13-33-15-17)28-26(32)35-16-22-20-7-3-1-5-18(20)19-6-2-4-8-21(19)22/h1-8,17,22-23H,9-16H2,(H,27,31)(H,28,32)(H,29,30). The van der Waals surface area contributed by atoms with Gasteiger partial charge < -0.3 is 30.0 Å². The number of carbonyl (C=O) groups excluding carboxylic acids is 2. The van der Waals surface area contributed by atoms with E-state index in [4.69, 9.17) is 19.3 Å². The van der Waals surface area contributed by atoms with E-state index >= 15 is 0 Å². The minimum atomic E-state index is -1.05. The third kappa shape index (κ3) is 6.37. The highest BCUT2D eigenvalue weighted by molar-refractivity contribution is 5.86. The Morgan fingerprint density at radius 1 is 1.06 bits per heavy atom. The van der Waals surface area contributed by atoms with Crippen molar-refractivity contribution in [2.75, 3.05) is 33.0 Å². The number of aliphatic carboxylic acids is 1. The summed E-state index contributed by atoms with van der Waals surface area (Å²) in [5.41, 5.74) is 4.38. The molecule has 2 aliphatic rings.